The fraction of sp³-hybridized carbons (Fsp3) is 0.556. The molecule has 0 unspecified atom stereocenters. The number of carbonyl (C=O) groups is 2. The van der Waals surface area contributed by atoms with Gasteiger partial charge in [0.05, 0.1) is 7.11 Å². The van der Waals surface area contributed by atoms with Gasteiger partial charge >= 0.3 is 5.97 Å². The van der Waals surface area contributed by atoms with Crippen molar-refractivity contribution in [3.63, 3.8) is 0 Å². The largest absolute Gasteiger partial charge is 0.496 e. The van der Waals surface area contributed by atoms with Gasteiger partial charge in [0.1, 0.15) is 11.3 Å². The van der Waals surface area contributed by atoms with E-state index in [0.717, 1.165) is 12.8 Å². The highest BCUT2D eigenvalue weighted by Gasteiger charge is 2.28. The van der Waals surface area contributed by atoms with Crippen LogP contribution in [-0.2, 0) is 9.53 Å². The molecule has 2 rings (SSSR count). The summed E-state index contributed by atoms with van der Waals surface area (Å²) in [6.45, 7) is 4.04. The second-order valence-corrected chi connectivity index (χ2v) is 6.80. The number of benzene rings is 1. The molecule has 0 aromatic heterocycles. The summed E-state index contributed by atoms with van der Waals surface area (Å²) >= 11 is 5.90. The molecule has 1 aromatic carbocycles. The molecule has 0 heterocycles. The van der Waals surface area contributed by atoms with Crippen molar-refractivity contribution in [1.82, 2.24) is 5.32 Å². The van der Waals surface area contributed by atoms with Gasteiger partial charge in [-0.25, -0.2) is 4.79 Å². The number of nitrogens with one attached hydrogen (secondary N) is 1. The molecule has 0 aliphatic heterocycles. The van der Waals surface area contributed by atoms with E-state index in [1.165, 1.54) is 19.6 Å². The van der Waals surface area contributed by atoms with Gasteiger partial charge in [-0.15, -0.1) is 0 Å². The molecule has 1 aromatic rings. The van der Waals surface area contributed by atoms with Crippen molar-refractivity contribution in [2.75, 3.05) is 13.7 Å². The topological polar surface area (TPSA) is 64.6 Å². The number of methoxy groups -OCH3 is 1. The monoisotopic (exact) mass is 353 g/mol. The van der Waals surface area contributed by atoms with Gasteiger partial charge in [0.25, 0.3) is 5.91 Å². The molecule has 0 spiro atoms. The summed E-state index contributed by atoms with van der Waals surface area (Å²) in [7, 11) is 1.46. The minimum atomic E-state index is -0.630. The van der Waals surface area contributed by atoms with Gasteiger partial charge < -0.3 is 14.8 Å². The normalized spacial score (nSPS) is 23.4. The minimum absolute atomic E-state index is 0.139. The molecule has 1 fully saturated rings. The Morgan fingerprint density at radius 1 is 1.29 bits per heavy atom. The molecule has 1 amide bonds. The zero-order valence-electron chi connectivity index (χ0n) is 14.3. The SMILES string of the molecule is COc1ccc(Cl)cc1C(=O)OCC(=O)N[C@@H]1CCC[C@@H](C)[C@@H]1C. The van der Waals surface area contributed by atoms with Crippen LogP contribution >= 0.6 is 11.6 Å². The lowest BCUT2D eigenvalue weighted by atomic mass is 9.78. The predicted molar refractivity (Wildman–Crippen MR) is 92.4 cm³/mol. The number of hydrogen-bond acceptors (Lipinski definition) is 4. The van der Waals surface area contributed by atoms with Crippen LogP contribution in [0.2, 0.25) is 5.02 Å². The standard InChI is InChI=1S/C18H24ClNO4/c1-11-5-4-6-15(12(11)2)20-17(21)10-24-18(22)14-9-13(19)7-8-16(14)23-3/h7-9,11-12,15H,4-6,10H2,1-3H3,(H,20,21)/t11-,12+,15-/m1/s1. The van der Waals surface area contributed by atoms with Crippen LogP contribution in [0.15, 0.2) is 18.2 Å². The lowest BCUT2D eigenvalue weighted by Crippen LogP contribution is -2.45. The van der Waals surface area contributed by atoms with Crippen molar-refractivity contribution in [2.45, 2.75) is 39.2 Å². The molecule has 0 radical (unpaired) electrons. The van der Waals surface area contributed by atoms with Crippen LogP contribution < -0.4 is 10.1 Å². The van der Waals surface area contributed by atoms with Crippen LogP contribution in [0.5, 0.6) is 5.75 Å². The first-order valence-electron chi connectivity index (χ1n) is 8.22. The Kier molecular flexibility index (Phi) is 6.49. The number of carbonyl (C=O) groups excluding carboxylic acids is 2. The maximum Gasteiger partial charge on any atom is 0.342 e. The van der Waals surface area contributed by atoms with Crippen molar-refractivity contribution in [3.05, 3.63) is 28.8 Å². The van der Waals surface area contributed by atoms with Gasteiger partial charge in [0.15, 0.2) is 6.61 Å². The number of halogens is 1. The molecule has 24 heavy (non-hydrogen) atoms. The fourth-order valence-corrected chi connectivity index (χ4v) is 3.25. The van der Waals surface area contributed by atoms with Crippen molar-refractivity contribution in [2.24, 2.45) is 11.8 Å². The molecule has 6 heteroatoms. The molecule has 1 aliphatic carbocycles. The third kappa shape index (κ3) is 4.63. The lowest BCUT2D eigenvalue weighted by Gasteiger charge is -2.34. The average molecular weight is 354 g/mol. The highest BCUT2D eigenvalue weighted by Crippen LogP contribution is 2.29. The number of rotatable bonds is 5. The Bertz CT molecular complexity index is 605. The first kappa shape index (κ1) is 18.6. The second kappa shape index (κ2) is 8.38. The van der Waals surface area contributed by atoms with Crippen molar-refractivity contribution >= 4 is 23.5 Å². The molecule has 5 nitrogen and oxygen atoms in total. The van der Waals surface area contributed by atoms with Gasteiger partial charge in [0, 0.05) is 11.1 Å². The van der Waals surface area contributed by atoms with E-state index in [-0.39, 0.29) is 24.1 Å². The predicted octanol–water partition coefficient (Wildman–Crippen LogP) is 3.45. The molecule has 1 saturated carbocycles. The van der Waals surface area contributed by atoms with Crippen molar-refractivity contribution < 1.29 is 19.1 Å². The van der Waals surface area contributed by atoms with Crippen molar-refractivity contribution in [1.29, 1.82) is 0 Å². The average Bonchev–Trinajstić information content (AvgIpc) is 2.56. The highest BCUT2D eigenvalue weighted by molar-refractivity contribution is 6.31. The molecule has 3 atom stereocenters. The third-order valence-corrected chi connectivity index (χ3v) is 5.00. The van der Waals surface area contributed by atoms with E-state index in [1.807, 2.05) is 0 Å². The van der Waals surface area contributed by atoms with Crippen molar-refractivity contribution in [3.8, 4) is 5.75 Å². The van der Waals surface area contributed by atoms with Gasteiger partial charge in [0.2, 0.25) is 0 Å². The molecule has 1 N–H and O–H groups in total. The number of hydrogen-bond donors (Lipinski definition) is 1. The highest BCUT2D eigenvalue weighted by atomic mass is 35.5. The van der Waals surface area contributed by atoms with E-state index < -0.39 is 5.97 Å². The maximum absolute atomic E-state index is 12.1. The van der Waals surface area contributed by atoms with Gasteiger partial charge in [-0.2, -0.15) is 0 Å². The number of amides is 1. The third-order valence-electron chi connectivity index (χ3n) is 4.77. The lowest BCUT2D eigenvalue weighted by molar-refractivity contribution is -0.125. The quantitative estimate of drug-likeness (QED) is 0.823. The Hall–Kier alpha value is -1.75. The van der Waals surface area contributed by atoms with E-state index in [1.54, 1.807) is 12.1 Å². The van der Waals surface area contributed by atoms with E-state index in [2.05, 4.69) is 19.2 Å². The summed E-state index contributed by atoms with van der Waals surface area (Å²) in [5.41, 5.74) is 0.206. The molecule has 132 valence electrons. The van der Waals surface area contributed by atoms with Gasteiger partial charge in [-0.3, -0.25) is 4.79 Å². The molecular weight excluding hydrogens is 330 g/mol. The van der Waals surface area contributed by atoms with Crippen LogP contribution in [0.4, 0.5) is 0 Å². The van der Waals surface area contributed by atoms with Crippen LogP contribution in [0.3, 0.4) is 0 Å². The van der Waals surface area contributed by atoms with Gasteiger partial charge in [-0.1, -0.05) is 38.3 Å². The smallest absolute Gasteiger partial charge is 0.342 e. The van der Waals surface area contributed by atoms with Gasteiger partial charge in [-0.05, 0) is 36.5 Å². The first-order chi connectivity index (χ1) is 11.4. The summed E-state index contributed by atoms with van der Waals surface area (Å²) in [4.78, 5) is 24.2. The zero-order valence-corrected chi connectivity index (χ0v) is 15.1. The summed E-state index contributed by atoms with van der Waals surface area (Å²) in [6.07, 6.45) is 3.26. The maximum atomic E-state index is 12.1. The Balaban J connectivity index is 1.89. The molecular formula is C18H24ClNO4. The Labute approximate surface area is 147 Å². The summed E-state index contributed by atoms with van der Waals surface area (Å²) < 4.78 is 10.2. The van der Waals surface area contributed by atoms with E-state index in [4.69, 9.17) is 21.1 Å². The van der Waals surface area contributed by atoms with Crippen LogP contribution in [0, 0.1) is 11.8 Å². The number of ether oxygens (including phenoxy) is 2. The molecule has 0 bridgehead atoms. The summed E-state index contributed by atoms with van der Waals surface area (Å²) in [5.74, 6) is 0.457. The number of esters is 1. The zero-order chi connectivity index (χ0) is 17.7. The molecule has 1 aliphatic rings. The minimum Gasteiger partial charge on any atom is -0.496 e. The van der Waals surface area contributed by atoms with E-state index in [0.29, 0.717) is 22.6 Å². The Morgan fingerprint density at radius 2 is 2.04 bits per heavy atom. The van der Waals surface area contributed by atoms with Crippen LogP contribution in [0.25, 0.3) is 0 Å². The Morgan fingerprint density at radius 3 is 2.75 bits per heavy atom. The van der Waals surface area contributed by atoms with Crippen LogP contribution in [0.1, 0.15) is 43.5 Å². The van der Waals surface area contributed by atoms with E-state index >= 15 is 0 Å². The first-order valence-corrected chi connectivity index (χ1v) is 8.60. The fourth-order valence-electron chi connectivity index (χ4n) is 3.08. The molecule has 0 saturated heterocycles. The van der Waals surface area contributed by atoms with E-state index in [9.17, 15) is 9.59 Å². The second-order valence-electron chi connectivity index (χ2n) is 6.36. The van der Waals surface area contributed by atoms with Crippen LogP contribution in [-0.4, -0.2) is 31.6 Å². The summed E-state index contributed by atoms with van der Waals surface area (Å²) in [5, 5.41) is 3.37. The summed E-state index contributed by atoms with van der Waals surface area (Å²) in [6, 6.07) is 4.81.